The van der Waals surface area contributed by atoms with E-state index in [1.54, 1.807) is 0 Å². The van der Waals surface area contributed by atoms with Gasteiger partial charge in [-0.2, -0.15) is 0 Å². The first kappa shape index (κ1) is 13.4. The molecular formula is C13H16N2O4. The summed E-state index contributed by atoms with van der Waals surface area (Å²) in [6, 6.07) is 3.56. The summed E-state index contributed by atoms with van der Waals surface area (Å²) in [5.74, 6) is -1.58. The molecule has 1 atom stereocenters. The minimum Gasteiger partial charge on any atom is -0.508 e. The molecule has 1 aliphatic heterocycles. The lowest BCUT2D eigenvalue weighted by atomic mass is 10.0. The third kappa shape index (κ3) is 3.23. The van der Waals surface area contributed by atoms with Crippen molar-refractivity contribution in [1.29, 1.82) is 0 Å². The standard InChI is InChI=1S/C13H16N2O4/c16-8-4-5-10(9(7-8)13(18)19)15-12(17)11-3-1-2-6-14-11/h4-5,7,11,14,16H,1-3,6H2,(H,15,17)(H,18,19)/t11-/m1/s1. The van der Waals surface area contributed by atoms with E-state index in [2.05, 4.69) is 10.6 Å². The number of nitrogens with one attached hydrogen (secondary N) is 2. The van der Waals surface area contributed by atoms with Gasteiger partial charge in [0.1, 0.15) is 5.75 Å². The zero-order chi connectivity index (χ0) is 13.8. The third-order valence-corrected chi connectivity index (χ3v) is 3.12. The van der Waals surface area contributed by atoms with Crippen molar-refractivity contribution in [2.24, 2.45) is 0 Å². The van der Waals surface area contributed by atoms with Crippen LogP contribution in [-0.4, -0.2) is 34.7 Å². The Kier molecular flexibility index (Phi) is 4.01. The van der Waals surface area contributed by atoms with E-state index in [4.69, 9.17) is 5.11 Å². The van der Waals surface area contributed by atoms with Crippen molar-refractivity contribution >= 4 is 17.6 Å². The monoisotopic (exact) mass is 264 g/mol. The first-order valence-electron chi connectivity index (χ1n) is 6.18. The molecule has 1 heterocycles. The number of piperidine rings is 1. The summed E-state index contributed by atoms with van der Waals surface area (Å²) in [5, 5.41) is 24.0. The Labute approximate surface area is 110 Å². The van der Waals surface area contributed by atoms with Crippen molar-refractivity contribution < 1.29 is 19.8 Å². The number of aromatic carboxylic acids is 1. The quantitative estimate of drug-likeness (QED) is 0.614. The smallest absolute Gasteiger partial charge is 0.337 e. The van der Waals surface area contributed by atoms with Crippen LogP contribution in [0, 0.1) is 0 Å². The van der Waals surface area contributed by atoms with Crippen LogP contribution < -0.4 is 10.6 Å². The summed E-state index contributed by atoms with van der Waals surface area (Å²) < 4.78 is 0. The van der Waals surface area contributed by atoms with E-state index >= 15 is 0 Å². The van der Waals surface area contributed by atoms with Crippen LogP contribution in [-0.2, 0) is 4.79 Å². The number of anilines is 1. The summed E-state index contributed by atoms with van der Waals surface area (Å²) in [6.07, 6.45) is 2.77. The van der Waals surface area contributed by atoms with Crippen molar-refractivity contribution in [2.45, 2.75) is 25.3 Å². The van der Waals surface area contributed by atoms with E-state index < -0.39 is 5.97 Å². The molecule has 0 saturated carbocycles. The lowest BCUT2D eigenvalue weighted by Gasteiger charge is -2.22. The highest BCUT2D eigenvalue weighted by molar-refractivity contribution is 6.02. The van der Waals surface area contributed by atoms with Crippen molar-refractivity contribution in [3.63, 3.8) is 0 Å². The Morgan fingerprint density at radius 2 is 2.11 bits per heavy atom. The second kappa shape index (κ2) is 5.71. The van der Waals surface area contributed by atoms with Crippen LogP contribution in [0.3, 0.4) is 0 Å². The molecular weight excluding hydrogens is 248 g/mol. The highest BCUT2D eigenvalue weighted by atomic mass is 16.4. The molecule has 0 aliphatic carbocycles. The van der Waals surface area contributed by atoms with Gasteiger partial charge in [-0.15, -0.1) is 0 Å². The molecule has 1 saturated heterocycles. The van der Waals surface area contributed by atoms with Gasteiger partial charge in [0.05, 0.1) is 17.3 Å². The van der Waals surface area contributed by atoms with Crippen molar-refractivity contribution in [1.82, 2.24) is 5.32 Å². The topological polar surface area (TPSA) is 98.7 Å². The molecule has 1 aromatic rings. The molecule has 102 valence electrons. The van der Waals surface area contributed by atoms with Crippen molar-refractivity contribution in [2.75, 3.05) is 11.9 Å². The Hall–Kier alpha value is -2.08. The van der Waals surface area contributed by atoms with Gasteiger partial charge in [-0.1, -0.05) is 6.42 Å². The number of hydrogen-bond acceptors (Lipinski definition) is 4. The van der Waals surface area contributed by atoms with Crippen LogP contribution in [0.15, 0.2) is 18.2 Å². The zero-order valence-corrected chi connectivity index (χ0v) is 10.3. The number of amides is 1. The molecule has 6 heteroatoms. The molecule has 1 amide bonds. The van der Waals surface area contributed by atoms with Gasteiger partial charge in [0, 0.05) is 0 Å². The predicted octanol–water partition coefficient (Wildman–Crippen LogP) is 1.17. The number of aromatic hydroxyl groups is 1. The number of carbonyl (C=O) groups excluding carboxylic acids is 1. The van der Waals surface area contributed by atoms with Crippen molar-refractivity contribution in [3.05, 3.63) is 23.8 Å². The van der Waals surface area contributed by atoms with E-state index in [0.717, 1.165) is 31.9 Å². The van der Waals surface area contributed by atoms with Gasteiger partial charge in [-0.25, -0.2) is 4.79 Å². The number of phenols is 1. The van der Waals surface area contributed by atoms with Crippen LogP contribution in [0.2, 0.25) is 0 Å². The minimum atomic E-state index is -1.19. The fraction of sp³-hybridized carbons (Fsp3) is 0.385. The summed E-state index contributed by atoms with van der Waals surface area (Å²) in [5.41, 5.74) is 0.0758. The Bertz CT molecular complexity index is 495. The molecule has 2 rings (SSSR count). The molecule has 1 aromatic carbocycles. The molecule has 4 N–H and O–H groups in total. The highest BCUT2D eigenvalue weighted by Gasteiger charge is 2.22. The molecule has 0 spiro atoms. The zero-order valence-electron chi connectivity index (χ0n) is 10.3. The molecule has 1 aliphatic rings. The molecule has 0 bridgehead atoms. The van der Waals surface area contributed by atoms with Gasteiger partial charge in [0.2, 0.25) is 5.91 Å². The third-order valence-electron chi connectivity index (χ3n) is 3.12. The largest absolute Gasteiger partial charge is 0.508 e. The van der Waals surface area contributed by atoms with Gasteiger partial charge in [-0.3, -0.25) is 4.79 Å². The maximum Gasteiger partial charge on any atom is 0.337 e. The summed E-state index contributed by atoms with van der Waals surface area (Å²) in [6.45, 7) is 0.791. The lowest BCUT2D eigenvalue weighted by Crippen LogP contribution is -2.43. The van der Waals surface area contributed by atoms with Crippen LogP contribution in [0.25, 0.3) is 0 Å². The van der Waals surface area contributed by atoms with Gasteiger partial charge in [-0.05, 0) is 37.6 Å². The highest BCUT2D eigenvalue weighted by Crippen LogP contribution is 2.22. The lowest BCUT2D eigenvalue weighted by molar-refractivity contribution is -0.118. The first-order chi connectivity index (χ1) is 9.08. The number of carboxylic acid groups (broad SMARTS) is 1. The maximum absolute atomic E-state index is 12.0. The van der Waals surface area contributed by atoms with Gasteiger partial charge < -0.3 is 20.8 Å². The number of phenolic OH excluding ortho intramolecular Hbond substituents is 1. The van der Waals surface area contributed by atoms with Gasteiger partial charge in [0.15, 0.2) is 0 Å². The van der Waals surface area contributed by atoms with Crippen LogP contribution in [0.5, 0.6) is 5.75 Å². The normalized spacial score (nSPS) is 18.8. The van der Waals surface area contributed by atoms with E-state index in [1.807, 2.05) is 0 Å². The number of carbonyl (C=O) groups is 2. The summed E-state index contributed by atoms with van der Waals surface area (Å²) in [4.78, 5) is 23.1. The van der Waals surface area contributed by atoms with Crippen LogP contribution in [0.1, 0.15) is 29.6 Å². The Morgan fingerprint density at radius 1 is 1.32 bits per heavy atom. The van der Waals surface area contributed by atoms with Crippen molar-refractivity contribution in [3.8, 4) is 5.75 Å². The Morgan fingerprint density at radius 3 is 2.74 bits per heavy atom. The fourth-order valence-corrected chi connectivity index (χ4v) is 2.11. The van der Waals surface area contributed by atoms with E-state index in [9.17, 15) is 14.7 Å². The molecule has 6 nitrogen and oxygen atoms in total. The van der Waals surface area contributed by atoms with Gasteiger partial charge in [0.25, 0.3) is 0 Å². The fourth-order valence-electron chi connectivity index (χ4n) is 2.11. The molecule has 1 fully saturated rings. The SMILES string of the molecule is O=C(O)c1cc(O)ccc1NC(=O)[C@H]1CCCCN1. The predicted molar refractivity (Wildman–Crippen MR) is 69.3 cm³/mol. The summed E-state index contributed by atoms with van der Waals surface area (Å²) >= 11 is 0. The maximum atomic E-state index is 12.0. The van der Waals surface area contributed by atoms with E-state index in [-0.39, 0.29) is 28.9 Å². The number of benzene rings is 1. The van der Waals surface area contributed by atoms with E-state index in [1.165, 1.54) is 12.1 Å². The Balaban J connectivity index is 2.13. The molecule has 0 aromatic heterocycles. The van der Waals surface area contributed by atoms with Gasteiger partial charge >= 0.3 is 5.97 Å². The van der Waals surface area contributed by atoms with E-state index in [0.29, 0.717) is 0 Å². The first-order valence-corrected chi connectivity index (χ1v) is 6.18. The molecule has 0 unspecified atom stereocenters. The average molecular weight is 264 g/mol. The number of carboxylic acids is 1. The second-order valence-electron chi connectivity index (χ2n) is 4.53. The van der Waals surface area contributed by atoms with Crippen LogP contribution >= 0.6 is 0 Å². The van der Waals surface area contributed by atoms with Crippen LogP contribution in [0.4, 0.5) is 5.69 Å². The summed E-state index contributed by atoms with van der Waals surface area (Å²) in [7, 11) is 0. The molecule has 19 heavy (non-hydrogen) atoms. The average Bonchev–Trinajstić information content (AvgIpc) is 2.41. The number of rotatable bonds is 3. The minimum absolute atomic E-state index is 0.121. The second-order valence-corrected chi connectivity index (χ2v) is 4.53. The number of hydrogen-bond donors (Lipinski definition) is 4. The molecule has 0 radical (unpaired) electrons.